The second kappa shape index (κ2) is 8.73. The summed E-state index contributed by atoms with van der Waals surface area (Å²) in [6.07, 6.45) is 7.09. The van der Waals surface area contributed by atoms with Gasteiger partial charge in [-0.2, -0.15) is 0 Å². The van der Waals surface area contributed by atoms with Crippen LogP contribution in [0.2, 0.25) is 0 Å². The maximum atomic E-state index is 12.5. The lowest BCUT2D eigenvalue weighted by Crippen LogP contribution is -2.55. The molecule has 4 atom stereocenters. The lowest BCUT2D eigenvalue weighted by Gasteiger charge is -2.42. The molecule has 0 radical (unpaired) electrons. The third-order valence-corrected chi connectivity index (χ3v) is 7.89. The molecule has 2 aliphatic heterocycles. The predicted molar refractivity (Wildman–Crippen MR) is 117 cm³/mol. The number of rotatable bonds is 6. The van der Waals surface area contributed by atoms with Gasteiger partial charge in [-0.15, -0.1) is 0 Å². The first-order valence-corrected chi connectivity index (χ1v) is 11.8. The Hall–Kier alpha value is -1.83. The Bertz CT molecular complexity index is 689. The standard InChI is InChI=1S/C22H38N6O2/c1-4-22(2)19(29)28(21(30)25-22)9-5-8-24-20(23-3)27-12-10-26(11-13-27)18-15-16-6-7-17(18)14-16/h16-18H,4-15H2,1-3H3,(H,23,24)(H,25,30). The van der Waals surface area contributed by atoms with Crippen LogP contribution in [0.25, 0.3) is 0 Å². The summed E-state index contributed by atoms with van der Waals surface area (Å²) in [5.74, 6) is 2.75. The zero-order valence-corrected chi connectivity index (χ0v) is 18.8. The number of imide groups is 1. The number of amides is 3. The molecule has 4 aliphatic rings. The molecule has 2 saturated carbocycles. The highest BCUT2D eigenvalue weighted by Crippen LogP contribution is 2.46. The summed E-state index contributed by atoms with van der Waals surface area (Å²) in [6.45, 7) is 9.10. The van der Waals surface area contributed by atoms with Crippen molar-refractivity contribution >= 4 is 17.9 Å². The Morgan fingerprint density at radius 1 is 1.20 bits per heavy atom. The number of carbonyl (C=O) groups excluding carboxylic acids is 2. The maximum Gasteiger partial charge on any atom is 0.325 e. The highest BCUT2D eigenvalue weighted by Gasteiger charge is 2.46. The minimum Gasteiger partial charge on any atom is -0.356 e. The Balaban J connectivity index is 1.19. The van der Waals surface area contributed by atoms with Crippen LogP contribution in [0.15, 0.2) is 4.99 Å². The average molecular weight is 419 g/mol. The van der Waals surface area contributed by atoms with Crippen LogP contribution in [-0.4, -0.2) is 90.5 Å². The molecule has 2 aliphatic carbocycles. The van der Waals surface area contributed by atoms with E-state index >= 15 is 0 Å². The summed E-state index contributed by atoms with van der Waals surface area (Å²) < 4.78 is 0. The fourth-order valence-electron chi connectivity index (χ4n) is 5.88. The van der Waals surface area contributed by atoms with E-state index in [0.29, 0.717) is 25.9 Å². The van der Waals surface area contributed by atoms with E-state index in [-0.39, 0.29) is 11.9 Å². The minimum atomic E-state index is -0.751. The summed E-state index contributed by atoms with van der Waals surface area (Å²) in [5.41, 5.74) is -0.751. The van der Waals surface area contributed by atoms with Gasteiger partial charge in [0.25, 0.3) is 5.91 Å². The van der Waals surface area contributed by atoms with E-state index in [4.69, 9.17) is 0 Å². The highest BCUT2D eigenvalue weighted by atomic mass is 16.2. The topological polar surface area (TPSA) is 80.3 Å². The summed E-state index contributed by atoms with van der Waals surface area (Å²) in [6, 6.07) is 0.546. The van der Waals surface area contributed by atoms with Gasteiger partial charge in [-0.05, 0) is 50.9 Å². The summed E-state index contributed by atoms with van der Waals surface area (Å²) in [4.78, 5) is 35.5. The van der Waals surface area contributed by atoms with Crippen molar-refractivity contribution in [2.24, 2.45) is 16.8 Å². The number of hydrogen-bond donors (Lipinski definition) is 2. The van der Waals surface area contributed by atoms with Gasteiger partial charge in [0.05, 0.1) is 0 Å². The van der Waals surface area contributed by atoms with Crippen LogP contribution in [0.5, 0.6) is 0 Å². The molecule has 4 rings (SSSR count). The van der Waals surface area contributed by atoms with Crippen LogP contribution < -0.4 is 10.6 Å². The zero-order valence-electron chi connectivity index (χ0n) is 18.8. The van der Waals surface area contributed by atoms with Crippen molar-refractivity contribution in [3.63, 3.8) is 0 Å². The average Bonchev–Trinajstić information content (AvgIpc) is 3.44. The van der Waals surface area contributed by atoms with Crippen LogP contribution in [0.4, 0.5) is 4.79 Å². The van der Waals surface area contributed by atoms with E-state index in [2.05, 4.69) is 25.4 Å². The molecule has 2 saturated heterocycles. The van der Waals surface area contributed by atoms with E-state index in [9.17, 15) is 9.59 Å². The number of carbonyl (C=O) groups is 2. The first-order valence-electron chi connectivity index (χ1n) is 11.8. The predicted octanol–water partition coefficient (Wildman–Crippen LogP) is 1.48. The molecule has 4 unspecified atom stereocenters. The Labute approximate surface area is 180 Å². The van der Waals surface area contributed by atoms with Gasteiger partial charge < -0.3 is 15.5 Å². The van der Waals surface area contributed by atoms with Gasteiger partial charge in [0.2, 0.25) is 0 Å². The van der Waals surface area contributed by atoms with Crippen molar-refractivity contribution < 1.29 is 9.59 Å². The van der Waals surface area contributed by atoms with Crippen molar-refractivity contribution in [1.29, 1.82) is 0 Å². The molecule has 8 heteroatoms. The quantitative estimate of drug-likeness (QED) is 0.296. The van der Waals surface area contributed by atoms with Gasteiger partial charge in [0.15, 0.2) is 5.96 Å². The number of hydrogen-bond acceptors (Lipinski definition) is 4. The van der Waals surface area contributed by atoms with Gasteiger partial charge in [0.1, 0.15) is 5.54 Å². The molecule has 2 N–H and O–H groups in total. The number of nitrogens with zero attached hydrogens (tertiary/aromatic N) is 4. The summed E-state index contributed by atoms with van der Waals surface area (Å²) in [5, 5.41) is 6.24. The smallest absolute Gasteiger partial charge is 0.325 e. The molecule has 0 spiro atoms. The fourth-order valence-corrected chi connectivity index (χ4v) is 5.88. The molecule has 168 valence electrons. The van der Waals surface area contributed by atoms with E-state index in [1.165, 1.54) is 30.6 Å². The van der Waals surface area contributed by atoms with Crippen LogP contribution >= 0.6 is 0 Å². The molecule has 0 aromatic carbocycles. The molecular formula is C22H38N6O2. The van der Waals surface area contributed by atoms with Crippen molar-refractivity contribution in [3.8, 4) is 0 Å². The lowest BCUT2D eigenvalue weighted by atomic mass is 9.93. The minimum absolute atomic E-state index is 0.115. The molecule has 3 amide bonds. The third-order valence-electron chi connectivity index (χ3n) is 7.89. The van der Waals surface area contributed by atoms with Crippen LogP contribution in [0.3, 0.4) is 0 Å². The van der Waals surface area contributed by atoms with Gasteiger partial charge in [0, 0.05) is 52.4 Å². The van der Waals surface area contributed by atoms with Crippen molar-refractivity contribution in [2.75, 3.05) is 46.3 Å². The van der Waals surface area contributed by atoms with Crippen LogP contribution in [-0.2, 0) is 4.79 Å². The van der Waals surface area contributed by atoms with E-state index < -0.39 is 5.54 Å². The van der Waals surface area contributed by atoms with Gasteiger partial charge in [-0.25, -0.2) is 4.79 Å². The third kappa shape index (κ3) is 4.03. The molecule has 2 heterocycles. The number of piperazine rings is 1. The molecule has 0 aromatic rings. The van der Waals surface area contributed by atoms with Gasteiger partial charge in [-0.3, -0.25) is 19.6 Å². The number of nitrogens with one attached hydrogen (secondary N) is 2. The number of guanidine groups is 1. The Kier molecular flexibility index (Phi) is 6.23. The molecule has 4 fully saturated rings. The van der Waals surface area contributed by atoms with Crippen molar-refractivity contribution in [2.45, 2.75) is 64.0 Å². The monoisotopic (exact) mass is 418 g/mol. The Morgan fingerprint density at radius 2 is 1.97 bits per heavy atom. The molecule has 2 bridgehead atoms. The van der Waals surface area contributed by atoms with Crippen LogP contribution in [0, 0.1) is 11.8 Å². The van der Waals surface area contributed by atoms with E-state index in [0.717, 1.165) is 50.0 Å². The molecular weight excluding hydrogens is 380 g/mol. The Morgan fingerprint density at radius 3 is 2.53 bits per heavy atom. The van der Waals surface area contributed by atoms with Crippen LogP contribution in [0.1, 0.15) is 52.4 Å². The molecule has 30 heavy (non-hydrogen) atoms. The SMILES string of the molecule is CCC1(C)NC(=O)N(CCCNC(=NC)N2CCN(C3CC4CCC3C4)CC2)C1=O. The maximum absolute atomic E-state index is 12.5. The second-order valence-electron chi connectivity index (χ2n) is 9.67. The molecule has 0 aromatic heterocycles. The second-order valence-corrected chi connectivity index (χ2v) is 9.67. The lowest BCUT2D eigenvalue weighted by molar-refractivity contribution is -0.130. The largest absolute Gasteiger partial charge is 0.356 e. The zero-order chi connectivity index (χ0) is 21.3. The van der Waals surface area contributed by atoms with Gasteiger partial charge in [-0.1, -0.05) is 13.3 Å². The number of urea groups is 1. The summed E-state index contributed by atoms with van der Waals surface area (Å²) >= 11 is 0. The fraction of sp³-hybridized carbons (Fsp3) is 0.864. The van der Waals surface area contributed by atoms with Crippen molar-refractivity contribution in [3.05, 3.63) is 0 Å². The summed E-state index contributed by atoms with van der Waals surface area (Å²) in [7, 11) is 1.83. The normalized spacial score (nSPS) is 34.8. The first kappa shape index (κ1) is 21.4. The van der Waals surface area contributed by atoms with Gasteiger partial charge >= 0.3 is 6.03 Å². The van der Waals surface area contributed by atoms with E-state index in [1.807, 2.05) is 14.0 Å². The van der Waals surface area contributed by atoms with Crippen molar-refractivity contribution in [1.82, 2.24) is 25.3 Å². The van der Waals surface area contributed by atoms with E-state index in [1.54, 1.807) is 6.92 Å². The number of aliphatic imine (C=N–C) groups is 1. The first-order chi connectivity index (χ1) is 14.4. The molecule has 8 nitrogen and oxygen atoms in total. The highest BCUT2D eigenvalue weighted by molar-refractivity contribution is 6.06. The number of fused-ring (bicyclic) bond motifs is 2.